The molecule has 2 N–H and O–H groups in total. The summed E-state index contributed by atoms with van der Waals surface area (Å²) >= 11 is 1.46. The lowest BCUT2D eigenvalue weighted by Gasteiger charge is -2.49. The van der Waals surface area contributed by atoms with Crippen molar-refractivity contribution in [3.63, 3.8) is 0 Å². The van der Waals surface area contributed by atoms with Gasteiger partial charge in [0, 0.05) is 55.6 Å². The van der Waals surface area contributed by atoms with E-state index in [-0.39, 0.29) is 36.5 Å². The molecule has 1 aromatic carbocycles. The molecule has 3 aromatic heterocycles. The Morgan fingerprint density at radius 3 is 2.64 bits per heavy atom. The van der Waals surface area contributed by atoms with Crippen molar-refractivity contribution in [2.45, 2.75) is 69.9 Å². The number of nitrogens with one attached hydrogen (secondary N) is 1. The van der Waals surface area contributed by atoms with Gasteiger partial charge in [0.25, 0.3) is 5.91 Å². The molecule has 2 aliphatic carbocycles. The van der Waals surface area contributed by atoms with E-state index >= 15 is 0 Å². The van der Waals surface area contributed by atoms with Gasteiger partial charge in [0.2, 0.25) is 5.91 Å². The second-order valence-corrected chi connectivity index (χ2v) is 13.2. The Hall–Kier alpha value is -3.91. The van der Waals surface area contributed by atoms with Crippen molar-refractivity contribution < 1.29 is 19.4 Å². The fourth-order valence-corrected chi connectivity index (χ4v) is 7.51. The Balaban J connectivity index is 0.904. The summed E-state index contributed by atoms with van der Waals surface area (Å²) in [4.78, 5) is 43.8. The normalized spacial score (nSPS) is 25.3. The van der Waals surface area contributed by atoms with Gasteiger partial charge in [0.1, 0.15) is 6.61 Å². The fourth-order valence-electron chi connectivity index (χ4n) is 6.60. The summed E-state index contributed by atoms with van der Waals surface area (Å²) in [6.45, 7) is 4.52. The molecule has 0 radical (unpaired) electrons. The number of fused-ring (bicyclic) bond motifs is 1. The first kappa shape index (κ1) is 29.8. The van der Waals surface area contributed by atoms with Crippen molar-refractivity contribution in [2.24, 2.45) is 5.92 Å². The number of piperazine rings is 1. The number of amides is 2. The minimum absolute atomic E-state index is 0.00788. The number of hydrogen-bond donors (Lipinski definition) is 2. The Kier molecular flexibility index (Phi) is 8.49. The van der Waals surface area contributed by atoms with Gasteiger partial charge in [-0.2, -0.15) is 10.2 Å². The zero-order chi connectivity index (χ0) is 30.9. The van der Waals surface area contributed by atoms with Gasteiger partial charge in [-0.15, -0.1) is 0 Å². The average molecular weight is 629 g/mol. The first-order valence-electron chi connectivity index (χ1n) is 15.6. The van der Waals surface area contributed by atoms with Gasteiger partial charge in [-0.3, -0.25) is 14.5 Å². The number of aromatic nitrogens is 5. The molecule has 3 atom stereocenters. The molecule has 0 unspecified atom stereocenters. The summed E-state index contributed by atoms with van der Waals surface area (Å²) in [5, 5.41) is 21.2. The molecular weight excluding hydrogens is 592 g/mol. The predicted molar refractivity (Wildman–Crippen MR) is 168 cm³/mol. The highest BCUT2D eigenvalue weighted by Gasteiger charge is 2.41. The Bertz CT molecular complexity index is 1660. The van der Waals surface area contributed by atoms with Gasteiger partial charge in [-0.05, 0) is 62.8 Å². The van der Waals surface area contributed by atoms with Crippen LogP contribution in [0, 0.1) is 5.92 Å². The van der Waals surface area contributed by atoms with E-state index in [2.05, 4.69) is 42.3 Å². The number of aliphatic hydroxyl groups excluding tert-OH is 1. The first-order chi connectivity index (χ1) is 21.9. The van der Waals surface area contributed by atoms with Gasteiger partial charge >= 0.3 is 0 Å². The maximum absolute atomic E-state index is 13.1. The molecule has 45 heavy (non-hydrogen) atoms. The molecule has 1 aliphatic heterocycles. The molecule has 12 nitrogen and oxygen atoms in total. The molecule has 0 spiro atoms. The van der Waals surface area contributed by atoms with Crippen LogP contribution < -0.4 is 5.32 Å². The van der Waals surface area contributed by atoms with Crippen molar-refractivity contribution in [1.29, 1.82) is 0 Å². The molecule has 234 valence electrons. The molecule has 3 aliphatic rings. The van der Waals surface area contributed by atoms with Gasteiger partial charge in [0.05, 0.1) is 40.4 Å². The minimum Gasteiger partial charge on any atom is -0.390 e. The monoisotopic (exact) mass is 628 g/mol. The van der Waals surface area contributed by atoms with E-state index in [9.17, 15) is 14.7 Å². The van der Waals surface area contributed by atoms with Crippen molar-refractivity contribution in [3.05, 3.63) is 60.4 Å². The number of carbonyl (C=O) groups excluding carboxylic acids is 2. The molecule has 7 rings (SSSR count). The zero-order valence-electron chi connectivity index (χ0n) is 25.1. The molecule has 2 saturated carbocycles. The van der Waals surface area contributed by atoms with E-state index in [1.54, 1.807) is 18.5 Å². The number of anilines is 1. The van der Waals surface area contributed by atoms with Crippen LogP contribution in [0.1, 0.15) is 55.2 Å². The Labute approximate surface area is 264 Å². The number of nitrogens with zero attached hydrogens (tertiary/aromatic N) is 7. The van der Waals surface area contributed by atoms with Gasteiger partial charge in [0.15, 0.2) is 11.0 Å². The van der Waals surface area contributed by atoms with Crippen molar-refractivity contribution >= 4 is 38.5 Å². The van der Waals surface area contributed by atoms with Crippen LogP contribution in [0.15, 0.2) is 49.1 Å². The number of thiazole rings is 1. The van der Waals surface area contributed by atoms with Crippen LogP contribution in [0.3, 0.4) is 0 Å². The second kappa shape index (κ2) is 12.8. The van der Waals surface area contributed by atoms with Crippen LogP contribution in [0.2, 0.25) is 0 Å². The maximum atomic E-state index is 13.1. The average Bonchev–Trinajstić information content (AvgIpc) is 3.64. The highest BCUT2D eigenvalue weighted by Crippen LogP contribution is 2.36. The number of rotatable bonds is 8. The highest BCUT2D eigenvalue weighted by atomic mass is 32.1. The van der Waals surface area contributed by atoms with Crippen LogP contribution in [0.5, 0.6) is 0 Å². The van der Waals surface area contributed by atoms with E-state index in [1.165, 1.54) is 23.7 Å². The van der Waals surface area contributed by atoms with Crippen LogP contribution >= 0.6 is 11.3 Å². The highest BCUT2D eigenvalue weighted by molar-refractivity contribution is 7.22. The summed E-state index contributed by atoms with van der Waals surface area (Å²) in [5.74, 6) is 0.529. The van der Waals surface area contributed by atoms with Gasteiger partial charge in [-0.1, -0.05) is 17.4 Å². The Morgan fingerprint density at radius 1 is 1.07 bits per heavy atom. The van der Waals surface area contributed by atoms with E-state index in [1.807, 2.05) is 23.1 Å². The summed E-state index contributed by atoms with van der Waals surface area (Å²) < 4.78 is 6.77. The van der Waals surface area contributed by atoms with Crippen LogP contribution in [0.4, 0.5) is 5.13 Å². The number of aliphatic hydroxyl groups is 1. The molecule has 3 fully saturated rings. The smallest absolute Gasteiger partial charge is 0.255 e. The van der Waals surface area contributed by atoms with Crippen LogP contribution in [0.25, 0.3) is 21.3 Å². The maximum Gasteiger partial charge on any atom is 0.255 e. The molecule has 4 heterocycles. The standard InChI is InChI=1S/C32H36N8O4S/c1-19-17-39(31(43)21-7-8-35-36-16-21)9-10-40(19)24-11-22(12-24)30(42)38-32-37-25-6-5-20(13-28(25)45-32)23-14-33-29(34-15-23)18-44-27-4-2-3-26(27)41/h5-8,13-16,19,22,24,26-27,41H,2-4,9-12,17-18H2,1H3,(H,37,38,42)/t19-,22?,24?,26-,27-/m0/s1. The lowest BCUT2D eigenvalue weighted by molar-refractivity contribution is -0.125. The minimum atomic E-state index is -0.400. The van der Waals surface area contributed by atoms with Crippen molar-refractivity contribution in [1.82, 2.24) is 34.9 Å². The molecular formula is C32H36N8O4S. The molecule has 4 aromatic rings. The molecule has 13 heteroatoms. The summed E-state index contributed by atoms with van der Waals surface area (Å²) in [7, 11) is 0. The lowest BCUT2D eigenvalue weighted by Crippen LogP contribution is -2.60. The second-order valence-electron chi connectivity index (χ2n) is 12.2. The third-order valence-electron chi connectivity index (χ3n) is 9.25. The Morgan fingerprint density at radius 2 is 1.91 bits per heavy atom. The number of benzene rings is 1. The van der Waals surface area contributed by atoms with Gasteiger partial charge in [-0.25, -0.2) is 15.0 Å². The zero-order valence-corrected chi connectivity index (χ0v) is 25.9. The largest absolute Gasteiger partial charge is 0.390 e. The predicted octanol–water partition coefficient (Wildman–Crippen LogP) is 3.54. The summed E-state index contributed by atoms with van der Waals surface area (Å²) in [5.41, 5.74) is 3.24. The summed E-state index contributed by atoms with van der Waals surface area (Å²) in [6, 6.07) is 8.22. The third-order valence-corrected chi connectivity index (χ3v) is 10.2. The number of carbonyl (C=O) groups is 2. The molecule has 0 bridgehead atoms. The summed E-state index contributed by atoms with van der Waals surface area (Å²) in [6.07, 6.45) is 10.3. The van der Waals surface area contributed by atoms with Crippen LogP contribution in [-0.2, 0) is 16.1 Å². The number of ether oxygens (including phenoxy) is 1. The van der Waals surface area contributed by atoms with E-state index < -0.39 is 6.10 Å². The van der Waals surface area contributed by atoms with Crippen molar-refractivity contribution in [2.75, 3.05) is 25.0 Å². The quantitative estimate of drug-likeness (QED) is 0.297. The van der Waals surface area contributed by atoms with Crippen LogP contribution in [-0.4, -0.2) is 95.8 Å². The molecule has 1 saturated heterocycles. The number of hydrogen-bond acceptors (Lipinski definition) is 11. The van der Waals surface area contributed by atoms with E-state index in [4.69, 9.17) is 4.74 Å². The van der Waals surface area contributed by atoms with Crippen molar-refractivity contribution in [3.8, 4) is 11.1 Å². The van der Waals surface area contributed by atoms with E-state index in [0.717, 1.165) is 60.0 Å². The van der Waals surface area contributed by atoms with E-state index in [0.29, 0.717) is 35.7 Å². The lowest BCUT2D eigenvalue weighted by atomic mass is 9.78. The fraction of sp³-hybridized carbons (Fsp3) is 0.469. The topological polar surface area (TPSA) is 147 Å². The SMILES string of the molecule is C[C@H]1CN(C(=O)c2ccnnc2)CCN1C1CC(C(=O)Nc2nc3ccc(-c4cnc(CO[C@H]5CCC[C@@H]5O)nc4)cc3s2)C1. The first-order valence-corrected chi connectivity index (χ1v) is 16.4. The van der Waals surface area contributed by atoms with Gasteiger partial charge < -0.3 is 20.1 Å². The third kappa shape index (κ3) is 6.43. The molecule has 2 amide bonds.